The molecule has 11 heteroatoms. The molecule has 0 bridgehead atoms. The molecule has 258 valence electrons. The maximum atomic E-state index is 14.7. The minimum Gasteiger partial charge on any atom is -0.457 e. The van der Waals surface area contributed by atoms with Crippen molar-refractivity contribution in [3.05, 3.63) is 155 Å². The summed E-state index contributed by atoms with van der Waals surface area (Å²) >= 11 is 12.8. The van der Waals surface area contributed by atoms with Crippen LogP contribution >= 0.6 is 23.2 Å². The molecule has 0 radical (unpaired) electrons. The molecule has 1 atom stereocenters. The van der Waals surface area contributed by atoms with Gasteiger partial charge >= 0.3 is 0 Å². The minimum atomic E-state index is -4.26. The average molecular weight is 731 g/mol. The highest BCUT2D eigenvalue weighted by Gasteiger charge is 2.35. The standard InChI is InChI=1S/C39H37Cl2N3O5S/c1-28(2)42-39(46)37(24-29-12-6-3-7-13-29)43(26-30-18-19-31(40)25-36(30)41)38(45)27-44(50(47,48)35-16-10-5-11-17-35)32-20-22-34(23-21-32)49-33-14-8-4-9-15-33/h3-23,25,28,37H,24,26-27H2,1-2H3,(H,42,46). The summed E-state index contributed by atoms with van der Waals surface area (Å²) in [6.45, 7) is 2.97. The summed E-state index contributed by atoms with van der Waals surface area (Å²) in [4.78, 5) is 29.9. The van der Waals surface area contributed by atoms with Crippen LogP contribution in [0.1, 0.15) is 25.0 Å². The number of amides is 2. The third-order valence-corrected chi connectivity index (χ3v) is 10.1. The Kier molecular flexibility index (Phi) is 12.2. The maximum absolute atomic E-state index is 14.7. The van der Waals surface area contributed by atoms with Crippen molar-refractivity contribution < 1.29 is 22.7 Å². The molecule has 0 aliphatic rings. The van der Waals surface area contributed by atoms with Crippen molar-refractivity contribution in [3.8, 4) is 11.5 Å². The van der Waals surface area contributed by atoms with E-state index in [0.717, 1.165) is 9.87 Å². The molecule has 0 aliphatic carbocycles. The Morgan fingerprint density at radius 1 is 0.760 bits per heavy atom. The molecule has 5 aromatic rings. The molecule has 1 N–H and O–H groups in total. The van der Waals surface area contributed by atoms with Crippen LogP contribution in [-0.4, -0.2) is 43.8 Å². The Morgan fingerprint density at radius 2 is 1.34 bits per heavy atom. The molecule has 8 nitrogen and oxygen atoms in total. The van der Waals surface area contributed by atoms with Crippen LogP contribution < -0.4 is 14.4 Å². The molecule has 0 saturated heterocycles. The first-order valence-electron chi connectivity index (χ1n) is 16.0. The highest BCUT2D eigenvalue weighted by atomic mass is 35.5. The Labute approximate surface area is 303 Å². The molecule has 0 aliphatic heterocycles. The van der Waals surface area contributed by atoms with Gasteiger partial charge in [-0.2, -0.15) is 0 Å². The van der Waals surface area contributed by atoms with Crippen LogP contribution in [0.15, 0.2) is 138 Å². The summed E-state index contributed by atoms with van der Waals surface area (Å²) in [5, 5.41) is 3.66. The zero-order valence-electron chi connectivity index (χ0n) is 27.6. The number of rotatable bonds is 14. The lowest BCUT2D eigenvalue weighted by molar-refractivity contribution is -0.140. The van der Waals surface area contributed by atoms with Crippen LogP contribution in [0.2, 0.25) is 10.0 Å². The third-order valence-electron chi connectivity index (χ3n) is 7.77. The lowest BCUT2D eigenvalue weighted by Gasteiger charge is -2.34. The van der Waals surface area contributed by atoms with Crippen LogP contribution in [0, 0.1) is 0 Å². The monoisotopic (exact) mass is 729 g/mol. The van der Waals surface area contributed by atoms with Crippen molar-refractivity contribution in [2.24, 2.45) is 0 Å². The van der Waals surface area contributed by atoms with Crippen molar-refractivity contribution >= 4 is 50.7 Å². The predicted molar refractivity (Wildman–Crippen MR) is 198 cm³/mol. The number of carbonyl (C=O) groups is 2. The van der Waals surface area contributed by atoms with Gasteiger partial charge in [0.25, 0.3) is 10.0 Å². The van der Waals surface area contributed by atoms with Gasteiger partial charge in [-0.25, -0.2) is 8.42 Å². The van der Waals surface area contributed by atoms with E-state index in [4.69, 9.17) is 27.9 Å². The number of nitrogens with one attached hydrogen (secondary N) is 1. The van der Waals surface area contributed by atoms with Gasteiger partial charge in [-0.15, -0.1) is 0 Å². The molecule has 2 amide bonds. The number of nitrogens with zero attached hydrogens (tertiary/aromatic N) is 2. The molecule has 1 unspecified atom stereocenters. The summed E-state index contributed by atoms with van der Waals surface area (Å²) in [6, 6.07) is 36.5. The van der Waals surface area contributed by atoms with Crippen LogP contribution in [0.3, 0.4) is 0 Å². The lowest BCUT2D eigenvalue weighted by Crippen LogP contribution is -2.54. The number of hydrogen-bond donors (Lipinski definition) is 1. The number of benzene rings is 5. The van der Waals surface area contributed by atoms with Gasteiger partial charge in [-0.3, -0.25) is 13.9 Å². The highest BCUT2D eigenvalue weighted by Crippen LogP contribution is 2.30. The minimum absolute atomic E-state index is 0.00286. The normalized spacial score (nSPS) is 11.9. The van der Waals surface area contributed by atoms with Gasteiger partial charge in [0, 0.05) is 29.1 Å². The molecule has 5 rings (SSSR count). The Hall–Kier alpha value is -4.83. The molecule has 0 fully saturated rings. The lowest BCUT2D eigenvalue weighted by atomic mass is 10.0. The van der Waals surface area contributed by atoms with Gasteiger partial charge in [-0.05, 0) is 85.6 Å². The van der Waals surface area contributed by atoms with Crippen LogP contribution in [-0.2, 0) is 32.6 Å². The van der Waals surface area contributed by atoms with Crippen molar-refractivity contribution in [2.75, 3.05) is 10.8 Å². The van der Waals surface area contributed by atoms with Crippen molar-refractivity contribution in [1.82, 2.24) is 10.2 Å². The molecule has 0 heterocycles. The second-order valence-corrected chi connectivity index (χ2v) is 14.6. The number of sulfonamides is 1. The predicted octanol–water partition coefficient (Wildman–Crippen LogP) is 8.15. The molecule has 0 spiro atoms. The van der Waals surface area contributed by atoms with Crippen molar-refractivity contribution in [1.29, 1.82) is 0 Å². The molecule has 50 heavy (non-hydrogen) atoms. The van der Waals surface area contributed by atoms with Gasteiger partial charge in [0.2, 0.25) is 11.8 Å². The number of ether oxygens (including phenoxy) is 1. The number of carbonyl (C=O) groups excluding carboxylic acids is 2. The van der Waals surface area contributed by atoms with Crippen LogP contribution in [0.4, 0.5) is 5.69 Å². The van der Waals surface area contributed by atoms with Crippen molar-refractivity contribution in [2.45, 2.75) is 43.8 Å². The van der Waals surface area contributed by atoms with Gasteiger partial charge in [-0.1, -0.05) is 96.0 Å². The summed E-state index contributed by atoms with van der Waals surface area (Å²) < 4.78 is 35.5. The second-order valence-electron chi connectivity index (χ2n) is 11.9. The first kappa shape index (κ1) is 36.5. The van der Waals surface area contributed by atoms with E-state index >= 15 is 0 Å². The van der Waals surface area contributed by atoms with E-state index in [9.17, 15) is 18.0 Å². The zero-order chi connectivity index (χ0) is 35.7. The second kappa shape index (κ2) is 16.7. The number of para-hydroxylation sites is 1. The Balaban J connectivity index is 1.56. The smallest absolute Gasteiger partial charge is 0.264 e. The van der Waals surface area contributed by atoms with E-state index in [0.29, 0.717) is 27.1 Å². The third kappa shape index (κ3) is 9.44. The molecular weight excluding hydrogens is 693 g/mol. The number of anilines is 1. The first-order valence-corrected chi connectivity index (χ1v) is 18.2. The van der Waals surface area contributed by atoms with Crippen molar-refractivity contribution in [3.63, 3.8) is 0 Å². The fourth-order valence-electron chi connectivity index (χ4n) is 5.32. The molecule has 0 saturated carbocycles. The Morgan fingerprint density at radius 3 is 1.94 bits per heavy atom. The summed E-state index contributed by atoms with van der Waals surface area (Å²) in [5.41, 5.74) is 1.59. The summed E-state index contributed by atoms with van der Waals surface area (Å²) in [5.74, 6) is 0.0996. The summed E-state index contributed by atoms with van der Waals surface area (Å²) in [6.07, 6.45) is 0.174. The quantitative estimate of drug-likeness (QED) is 0.125. The topological polar surface area (TPSA) is 96.0 Å². The van der Waals surface area contributed by atoms with E-state index in [1.807, 2.05) is 74.5 Å². The average Bonchev–Trinajstić information content (AvgIpc) is 3.11. The summed E-state index contributed by atoms with van der Waals surface area (Å²) in [7, 11) is -4.26. The van der Waals surface area contributed by atoms with Gasteiger partial charge in [0.15, 0.2) is 0 Å². The van der Waals surface area contributed by atoms with Gasteiger partial charge in [0.1, 0.15) is 24.1 Å². The fourth-order valence-corrected chi connectivity index (χ4v) is 7.23. The van der Waals surface area contributed by atoms with E-state index in [2.05, 4.69) is 5.32 Å². The maximum Gasteiger partial charge on any atom is 0.264 e. The zero-order valence-corrected chi connectivity index (χ0v) is 29.9. The van der Waals surface area contributed by atoms with E-state index in [-0.39, 0.29) is 35.5 Å². The van der Waals surface area contributed by atoms with Crippen LogP contribution in [0.25, 0.3) is 0 Å². The van der Waals surface area contributed by atoms with E-state index in [1.54, 1.807) is 60.7 Å². The van der Waals surface area contributed by atoms with E-state index < -0.39 is 28.5 Å². The first-order chi connectivity index (χ1) is 24.0. The molecular formula is C39H37Cl2N3O5S. The SMILES string of the molecule is CC(C)NC(=O)C(Cc1ccccc1)N(Cc1ccc(Cl)cc1Cl)C(=O)CN(c1ccc(Oc2ccccc2)cc1)S(=O)(=O)c1ccccc1. The largest absolute Gasteiger partial charge is 0.457 e. The van der Waals surface area contributed by atoms with E-state index in [1.165, 1.54) is 17.0 Å². The highest BCUT2D eigenvalue weighted by molar-refractivity contribution is 7.92. The van der Waals surface area contributed by atoms with Gasteiger partial charge < -0.3 is 15.0 Å². The van der Waals surface area contributed by atoms with Crippen LogP contribution in [0.5, 0.6) is 11.5 Å². The molecule has 5 aromatic carbocycles. The fraction of sp³-hybridized carbons (Fsp3) is 0.179. The number of hydrogen-bond acceptors (Lipinski definition) is 5. The molecule has 0 aromatic heterocycles. The number of halogens is 2. The Bertz CT molecular complexity index is 2000. The van der Waals surface area contributed by atoms with Gasteiger partial charge in [0.05, 0.1) is 10.6 Å².